The second-order valence-corrected chi connectivity index (χ2v) is 4.31. The van der Waals surface area contributed by atoms with Crippen LogP contribution in [0.2, 0.25) is 0 Å². The van der Waals surface area contributed by atoms with Gasteiger partial charge in [0.15, 0.2) is 0 Å². The molecule has 2 rings (SSSR count). The summed E-state index contributed by atoms with van der Waals surface area (Å²) in [4.78, 5) is 0. The summed E-state index contributed by atoms with van der Waals surface area (Å²) in [6, 6.07) is 3.68. The maximum atomic E-state index is 9.29. The van der Waals surface area contributed by atoms with Crippen LogP contribution in [0, 0.1) is 5.92 Å². The van der Waals surface area contributed by atoms with Crippen molar-refractivity contribution in [2.75, 3.05) is 13.2 Å². The van der Waals surface area contributed by atoms with Crippen LogP contribution in [-0.4, -0.2) is 18.3 Å². The van der Waals surface area contributed by atoms with Gasteiger partial charge in [0.2, 0.25) is 0 Å². The highest BCUT2D eigenvalue weighted by atomic mass is 16.3. The molecule has 1 heterocycles. The SMILES string of the molecule is OCC(NCC1CC=CCC1)c1ccco1. The Hall–Kier alpha value is -1.06. The van der Waals surface area contributed by atoms with Crippen molar-refractivity contribution >= 4 is 0 Å². The summed E-state index contributed by atoms with van der Waals surface area (Å²) in [6.45, 7) is 1.02. The van der Waals surface area contributed by atoms with E-state index in [0.29, 0.717) is 5.92 Å². The predicted octanol–water partition coefficient (Wildman–Crippen LogP) is 2.26. The fourth-order valence-corrected chi connectivity index (χ4v) is 2.10. The number of hydrogen-bond donors (Lipinski definition) is 2. The minimum absolute atomic E-state index is 0.0686. The van der Waals surface area contributed by atoms with Crippen molar-refractivity contribution in [3.63, 3.8) is 0 Å². The molecular formula is C13H19NO2. The van der Waals surface area contributed by atoms with E-state index in [-0.39, 0.29) is 12.6 Å². The average Bonchev–Trinajstić information content (AvgIpc) is 2.85. The van der Waals surface area contributed by atoms with Gasteiger partial charge >= 0.3 is 0 Å². The monoisotopic (exact) mass is 221 g/mol. The number of rotatable bonds is 5. The molecule has 3 heteroatoms. The minimum atomic E-state index is -0.0686. The second kappa shape index (κ2) is 5.87. The van der Waals surface area contributed by atoms with E-state index in [0.717, 1.165) is 18.7 Å². The third-order valence-corrected chi connectivity index (χ3v) is 3.10. The smallest absolute Gasteiger partial charge is 0.123 e. The molecule has 16 heavy (non-hydrogen) atoms. The zero-order valence-electron chi connectivity index (χ0n) is 9.43. The van der Waals surface area contributed by atoms with Crippen LogP contribution in [0.1, 0.15) is 31.1 Å². The molecule has 3 nitrogen and oxygen atoms in total. The molecule has 0 amide bonds. The zero-order valence-corrected chi connectivity index (χ0v) is 9.43. The van der Waals surface area contributed by atoms with E-state index in [2.05, 4.69) is 17.5 Å². The molecule has 0 radical (unpaired) electrons. The second-order valence-electron chi connectivity index (χ2n) is 4.31. The first kappa shape index (κ1) is 11.4. The molecule has 2 atom stereocenters. The Morgan fingerprint density at radius 1 is 1.50 bits per heavy atom. The van der Waals surface area contributed by atoms with Crippen LogP contribution in [-0.2, 0) is 0 Å². The molecule has 2 unspecified atom stereocenters. The lowest BCUT2D eigenvalue weighted by atomic mass is 9.94. The van der Waals surface area contributed by atoms with Crippen molar-refractivity contribution in [1.29, 1.82) is 0 Å². The van der Waals surface area contributed by atoms with Gasteiger partial charge in [0.25, 0.3) is 0 Å². The molecule has 0 aromatic carbocycles. The Balaban J connectivity index is 1.81. The highest BCUT2D eigenvalue weighted by Gasteiger charge is 2.15. The molecular weight excluding hydrogens is 202 g/mol. The molecule has 0 saturated carbocycles. The van der Waals surface area contributed by atoms with E-state index in [4.69, 9.17) is 4.42 Å². The van der Waals surface area contributed by atoms with E-state index in [1.807, 2.05) is 12.1 Å². The van der Waals surface area contributed by atoms with E-state index in [1.54, 1.807) is 6.26 Å². The Morgan fingerprint density at radius 3 is 3.06 bits per heavy atom. The van der Waals surface area contributed by atoms with Crippen molar-refractivity contribution in [3.8, 4) is 0 Å². The first-order chi connectivity index (χ1) is 7.90. The Bertz CT molecular complexity index is 319. The first-order valence-corrected chi connectivity index (χ1v) is 5.93. The molecule has 1 aromatic rings. The molecule has 88 valence electrons. The summed E-state index contributed by atoms with van der Waals surface area (Å²) >= 11 is 0. The van der Waals surface area contributed by atoms with Crippen LogP contribution in [0.5, 0.6) is 0 Å². The molecule has 0 spiro atoms. The van der Waals surface area contributed by atoms with Gasteiger partial charge in [0.05, 0.1) is 18.9 Å². The molecule has 0 fully saturated rings. The van der Waals surface area contributed by atoms with Crippen molar-refractivity contribution in [2.24, 2.45) is 5.92 Å². The van der Waals surface area contributed by atoms with Gasteiger partial charge in [-0.3, -0.25) is 0 Å². The third-order valence-electron chi connectivity index (χ3n) is 3.10. The number of furan rings is 1. The van der Waals surface area contributed by atoms with Gasteiger partial charge in [-0.2, -0.15) is 0 Å². The third kappa shape index (κ3) is 2.97. The van der Waals surface area contributed by atoms with Crippen molar-refractivity contribution in [2.45, 2.75) is 25.3 Å². The number of allylic oxidation sites excluding steroid dienone is 2. The standard InChI is InChI=1S/C13H19NO2/c15-10-12(13-7-4-8-16-13)14-9-11-5-2-1-3-6-11/h1-2,4,7-8,11-12,14-15H,3,5-6,9-10H2. The van der Waals surface area contributed by atoms with E-state index < -0.39 is 0 Å². The predicted molar refractivity (Wildman–Crippen MR) is 63.0 cm³/mol. The normalized spacial score (nSPS) is 22.2. The molecule has 1 aliphatic rings. The van der Waals surface area contributed by atoms with Crippen LogP contribution in [0.4, 0.5) is 0 Å². The highest BCUT2D eigenvalue weighted by Crippen LogP contribution is 2.19. The maximum absolute atomic E-state index is 9.29. The Kier molecular flexibility index (Phi) is 4.19. The lowest BCUT2D eigenvalue weighted by Gasteiger charge is -2.21. The van der Waals surface area contributed by atoms with Crippen molar-refractivity contribution in [3.05, 3.63) is 36.3 Å². The van der Waals surface area contributed by atoms with Gasteiger partial charge in [-0.1, -0.05) is 12.2 Å². The topological polar surface area (TPSA) is 45.4 Å². The summed E-state index contributed by atoms with van der Waals surface area (Å²) < 4.78 is 5.29. The van der Waals surface area contributed by atoms with Gasteiger partial charge < -0.3 is 14.8 Å². The fraction of sp³-hybridized carbons (Fsp3) is 0.538. The summed E-state index contributed by atoms with van der Waals surface area (Å²) in [5, 5.41) is 12.7. The average molecular weight is 221 g/mol. The van der Waals surface area contributed by atoms with Gasteiger partial charge in [0, 0.05) is 0 Å². The van der Waals surface area contributed by atoms with Gasteiger partial charge in [-0.05, 0) is 43.9 Å². The molecule has 2 N–H and O–H groups in total. The van der Waals surface area contributed by atoms with Gasteiger partial charge in [-0.25, -0.2) is 0 Å². The quantitative estimate of drug-likeness (QED) is 0.750. The molecule has 0 saturated heterocycles. The molecule has 0 aliphatic heterocycles. The van der Waals surface area contributed by atoms with Crippen molar-refractivity contribution in [1.82, 2.24) is 5.32 Å². The number of nitrogens with one attached hydrogen (secondary N) is 1. The van der Waals surface area contributed by atoms with Crippen LogP contribution < -0.4 is 5.32 Å². The van der Waals surface area contributed by atoms with Crippen molar-refractivity contribution < 1.29 is 9.52 Å². The summed E-state index contributed by atoms with van der Waals surface area (Å²) in [5.41, 5.74) is 0. The summed E-state index contributed by atoms with van der Waals surface area (Å²) in [5.74, 6) is 1.50. The Morgan fingerprint density at radius 2 is 2.44 bits per heavy atom. The van der Waals surface area contributed by atoms with Gasteiger partial charge in [-0.15, -0.1) is 0 Å². The first-order valence-electron chi connectivity index (χ1n) is 5.93. The lowest BCUT2D eigenvalue weighted by molar-refractivity contribution is 0.219. The van der Waals surface area contributed by atoms with Gasteiger partial charge in [0.1, 0.15) is 5.76 Å². The molecule has 0 bridgehead atoms. The van der Waals surface area contributed by atoms with E-state index >= 15 is 0 Å². The molecule has 1 aliphatic carbocycles. The van der Waals surface area contributed by atoms with E-state index in [9.17, 15) is 5.11 Å². The summed E-state index contributed by atoms with van der Waals surface area (Å²) in [6.07, 6.45) is 9.69. The summed E-state index contributed by atoms with van der Waals surface area (Å²) in [7, 11) is 0. The lowest BCUT2D eigenvalue weighted by Crippen LogP contribution is -2.29. The number of aliphatic hydroxyl groups is 1. The van der Waals surface area contributed by atoms with Crippen LogP contribution in [0.15, 0.2) is 35.0 Å². The fourth-order valence-electron chi connectivity index (χ4n) is 2.10. The minimum Gasteiger partial charge on any atom is -0.468 e. The highest BCUT2D eigenvalue weighted by molar-refractivity contribution is 5.04. The molecule has 1 aromatic heterocycles. The zero-order chi connectivity index (χ0) is 11.2. The number of hydrogen-bond acceptors (Lipinski definition) is 3. The maximum Gasteiger partial charge on any atom is 0.123 e. The number of aliphatic hydroxyl groups excluding tert-OH is 1. The Labute approximate surface area is 96.2 Å². The van der Waals surface area contributed by atoms with Crippen LogP contribution in [0.3, 0.4) is 0 Å². The van der Waals surface area contributed by atoms with Crippen LogP contribution in [0.25, 0.3) is 0 Å². The van der Waals surface area contributed by atoms with E-state index in [1.165, 1.54) is 12.8 Å². The largest absolute Gasteiger partial charge is 0.468 e. The van der Waals surface area contributed by atoms with Crippen LogP contribution >= 0.6 is 0 Å².